The number of benzene rings is 2. The first kappa shape index (κ1) is 15.4. The Morgan fingerprint density at radius 2 is 1.79 bits per heavy atom. The van der Waals surface area contributed by atoms with Gasteiger partial charge in [-0.25, -0.2) is 19.2 Å². The second-order valence-electron chi connectivity index (χ2n) is 4.99. The van der Waals surface area contributed by atoms with Crippen molar-refractivity contribution in [3.8, 4) is 11.4 Å². The number of carboxylic acids is 1. The molecule has 3 rings (SSSR count). The number of hydrogen-bond donors (Lipinski definition) is 3. The number of carbonyl (C=O) groups is 1. The Morgan fingerprint density at radius 3 is 2.46 bits per heavy atom. The summed E-state index contributed by atoms with van der Waals surface area (Å²) in [4.78, 5) is 19.2. The lowest BCUT2D eigenvalue weighted by Crippen LogP contribution is -2.02. The summed E-state index contributed by atoms with van der Waals surface area (Å²) in [5.74, 6) is -0.718. The molecular weight excluding hydrogens is 311 g/mol. The average Bonchev–Trinajstić information content (AvgIpc) is 2.55. The number of nitrogens with zero attached hydrogens (tertiary/aromatic N) is 2. The fourth-order valence-electron chi connectivity index (χ4n) is 2.14. The molecule has 0 saturated carbocycles. The third-order valence-electron chi connectivity index (χ3n) is 3.26. The van der Waals surface area contributed by atoms with Crippen LogP contribution in [0.4, 0.5) is 21.7 Å². The Hall–Kier alpha value is -3.48. The van der Waals surface area contributed by atoms with E-state index in [0.29, 0.717) is 11.5 Å². The fourth-order valence-corrected chi connectivity index (χ4v) is 2.14. The molecule has 0 aliphatic rings. The van der Waals surface area contributed by atoms with E-state index in [0.717, 1.165) is 0 Å². The topological polar surface area (TPSA) is 101 Å². The highest BCUT2D eigenvalue weighted by atomic mass is 19.1. The van der Waals surface area contributed by atoms with Crippen LogP contribution in [0.5, 0.6) is 0 Å². The number of aromatic nitrogens is 2. The van der Waals surface area contributed by atoms with Crippen molar-refractivity contribution < 1.29 is 14.3 Å². The Labute approximate surface area is 136 Å². The molecule has 0 bridgehead atoms. The van der Waals surface area contributed by atoms with Crippen LogP contribution in [0.25, 0.3) is 11.4 Å². The van der Waals surface area contributed by atoms with Crippen LogP contribution in [-0.2, 0) is 0 Å². The molecule has 120 valence electrons. The van der Waals surface area contributed by atoms with Gasteiger partial charge in [-0.15, -0.1) is 0 Å². The SMILES string of the molecule is Nc1cc(Nc2ccc(C(=O)O)cc2)nc(-c2ccccc2F)n1. The van der Waals surface area contributed by atoms with E-state index in [1.54, 1.807) is 30.3 Å². The van der Waals surface area contributed by atoms with Crippen molar-refractivity contribution in [1.29, 1.82) is 0 Å². The van der Waals surface area contributed by atoms with Crippen molar-refractivity contribution in [3.63, 3.8) is 0 Å². The van der Waals surface area contributed by atoms with Gasteiger partial charge in [-0.05, 0) is 36.4 Å². The van der Waals surface area contributed by atoms with Gasteiger partial charge in [0.1, 0.15) is 17.5 Å². The zero-order chi connectivity index (χ0) is 17.1. The van der Waals surface area contributed by atoms with Crippen LogP contribution in [0.3, 0.4) is 0 Å². The van der Waals surface area contributed by atoms with Crippen molar-refractivity contribution in [2.45, 2.75) is 0 Å². The summed E-state index contributed by atoms with van der Waals surface area (Å²) < 4.78 is 13.9. The minimum atomic E-state index is -1.00. The maximum Gasteiger partial charge on any atom is 0.335 e. The second-order valence-corrected chi connectivity index (χ2v) is 4.99. The first-order chi connectivity index (χ1) is 11.5. The standard InChI is InChI=1S/C17H13FN4O2/c18-13-4-2-1-3-12(13)16-21-14(19)9-15(22-16)20-11-7-5-10(6-8-11)17(23)24/h1-9H,(H,23,24)(H3,19,20,21,22). The van der Waals surface area contributed by atoms with Gasteiger partial charge in [0.2, 0.25) is 0 Å². The van der Waals surface area contributed by atoms with Crippen molar-refractivity contribution in [3.05, 3.63) is 66.0 Å². The zero-order valence-electron chi connectivity index (χ0n) is 12.4. The number of nitrogen functional groups attached to an aromatic ring is 1. The summed E-state index contributed by atoms with van der Waals surface area (Å²) in [6.07, 6.45) is 0. The van der Waals surface area contributed by atoms with E-state index >= 15 is 0 Å². The van der Waals surface area contributed by atoms with Crippen molar-refractivity contribution in [2.24, 2.45) is 0 Å². The van der Waals surface area contributed by atoms with Crippen LogP contribution in [0.2, 0.25) is 0 Å². The molecule has 0 spiro atoms. The minimum absolute atomic E-state index is 0.165. The molecule has 0 unspecified atom stereocenters. The lowest BCUT2D eigenvalue weighted by molar-refractivity contribution is 0.0697. The highest BCUT2D eigenvalue weighted by molar-refractivity contribution is 5.88. The predicted octanol–water partition coefficient (Wildman–Crippen LogP) is 3.31. The maximum absolute atomic E-state index is 13.9. The van der Waals surface area contributed by atoms with Gasteiger partial charge in [0.15, 0.2) is 5.82 Å². The number of carboxylic acid groups (broad SMARTS) is 1. The number of nitrogens with two attached hydrogens (primary N) is 1. The smallest absolute Gasteiger partial charge is 0.335 e. The molecule has 0 saturated heterocycles. The summed E-state index contributed by atoms with van der Waals surface area (Å²) in [5, 5.41) is 11.9. The molecule has 0 radical (unpaired) electrons. The Kier molecular flexibility index (Phi) is 4.07. The van der Waals surface area contributed by atoms with Gasteiger partial charge in [-0.3, -0.25) is 0 Å². The molecule has 4 N–H and O–H groups in total. The summed E-state index contributed by atoms with van der Waals surface area (Å²) >= 11 is 0. The Balaban J connectivity index is 1.92. The molecule has 7 heteroatoms. The molecular formula is C17H13FN4O2. The van der Waals surface area contributed by atoms with Gasteiger partial charge in [-0.1, -0.05) is 12.1 Å². The maximum atomic E-state index is 13.9. The normalized spacial score (nSPS) is 10.4. The molecule has 2 aromatic carbocycles. The molecule has 0 atom stereocenters. The number of anilines is 3. The van der Waals surface area contributed by atoms with E-state index in [-0.39, 0.29) is 22.8 Å². The van der Waals surface area contributed by atoms with E-state index in [4.69, 9.17) is 10.8 Å². The summed E-state index contributed by atoms with van der Waals surface area (Å²) in [7, 11) is 0. The lowest BCUT2D eigenvalue weighted by Gasteiger charge is -2.09. The summed E-state index contributed by atoms with van der Waals surface area (Å²) in [6.45, 7) is 0. The largest absolute Gasteiger partial charge is 0.478 e. The first-order valence-electron chi connectivity index (χ1n) is 7.03. The highest BCUT2D eigenvalue weighted by Crippen LogP contribution is 2.23. The van der Waals surface area contributed by atoms with Gasteiger partial charge in [0.05, 0.1) is 11.1 Å². The third kappa shape index (κ3) is 3.30. The van der Waals surface area contributed by atoms with E-state index in [9.17, 15) is 9.18 Å². The number of halogens is 1. The molecule has 0 amide bonds. The summed E-state index contributed by atoms with van der Waals surface area (Å²) in [5.41, 5.74) is 6.82. The Bertz CT molecular complexity index is 897. The molecule has 0 fully saturated rings. The van der Waals surface area contributed by atoms with E-state index < -0.39 is 11.8 Å². The van der Waals surface area contributed by atoms with Crippen LogP contribution >= 0.6 is 0 Å². The van der Waals surface area contributed by atoms with Gasteiger partial charge >= 0.3 is 5.97 Å². The number of hydrogen-bond acceptors (Lipinski definition) is 5. The summed E-state index contributed by atoms with van der Waals surface area (Å²) in [6, 6.07) is 13.8. The van der Waals surface area contributed by atoms with Crippen LogP contribution in [0, 0.1) is 5.82 Å². The van der Waals surface area contributed by atoms with Crippen molar-refractivity contribution >= 4 is 23.3 Å². The van der Waals surface area contributed by atoms with Crippen LogP contribution < -0.4 is 11.1 Å². The van der Waals surface area contributed by atoms with Crippen molar-refractivity contribution in [2.75, 3.05) is 11.1 Å². The third-order valence-corrected chi connectivity index (χ3v) is 3.26. The van der Waals surface area contributed by atoms with Gasteiger partial charge in [-0.2, -0.15) is 0 Å². The van der Waals surface area contributed by atoms with Gasteiger partial charge < -0.3 is 16.2 Å². The molecule has 1 aromatic heterocycles. The molecule has 24 heavy (non-hydrogen) atoms. The quantitative estimate of drug-likeness (QED) is 0.680. The van der Waals surface area contributed by atoms with Gasteiger partial charge in [0, 0.05) is 11.8 Å². The average molecular weight is 324 g/mol. The lowest BCUT2D eigenvalue weighted by atomic mass is 10.2. The van der Waals surface area contributed by atoms with Crippen LogP contribution in [-0.4, -0.2) is 21.0 Å². The second kappa shape index (κ2) is 6.33. The highest BCUT2D eigenvalue weighted by Gasteiger charge is 2.10. The molecule has 6 nitrogen and oxygen atoms in total. The Morgan fingerprint density at radius 1 is 1.08 bits per heavy atom. The van der Waals surface area contributed by atoms with E-state index in [2.05, 4.69) is 15.3 Å². The van der Waals surface area contributed by atoms with Crippen LogP contribution in [0.1, 0.15) is 10.4 Å². The molecule has 1 heterocycles. The molecule has 0 aliphatic carbocycles. The molecule has 3 aromatic rings. The number of aromatic carboxylic acids is 1. The van der Waals surface area contributed by atoms with E-state index in [1.807, 2.05) is 0 Å². The van der Waals surface area contributed by atoms with Gasteiger partial charge in [0.25, 0.3) is 0 Å². The van der Waals surface area contributed by atoms with Crippen LogP contribution in [0.15, 0.2) is 54.6 Å². The number of rotatable bonds is 4. The van der Waals surface area contributed by atoms with Crippen molar-refractivity contribution in [1.82, 2.24) is 9.97 Å². The monoisotopic (exact) mass is 324 g/mol. The van der Waals surface area contributed by atoms with E-state index in [1.165, 1.54) is 24.3 Å². The minimum Gasteiger partial charge on any atom is -0.478 e. The molecule has 0 aliphatic heterocycles. The zero-order valence-corrected chi connectivity index (χ0v) is 12.4. The fraction of sp³-hybridized carbons (Fsp3) is 0. The first-order valence-corrected chi connectivity index (χ1v) is 7.03. The number of nitrogens with one attached hydrogen (secondary N) is 1. The predicted molar refractivity (Wildman–Crippen MR) is 88.5 cm³/mol.